The smallest absolute Gasteiger partial charge is 0.306 e. The van der Waals surface area contributed by atoms with Gasteiger partial charge in [-0.25, -0.2) is 0 Å². The number of phenols is 1. The first-order chi connectivity index (χ1) is 12.4. The molecule has 0 amide bonds. The van der Waals surface area contributed by atoms with E-state index < -0.39 is 0 Å². The van der Waals surface area contributed by atoms with Crippen molar-refractivity contribution in [2.24, 2.45) is 23.2 Å². The van der Waals surface area contributed by atoms with Gasteiger partial charge in [0, 0.05) is 6.42 Å². The molecule has 142 valence electrons. The topological polar surface area (TPSA) is 66.8 Å². The van der Waals surface area contributed by atoms with Crippen LogP contribution in [0.3, 0.4) is 0 Å². The zero-order valence-electron chi connectivity index (χ0n) is 15.8. The molecule has 0 spiro atoms. The molecule has 6 atom stereocenters. The number of aryl methyl sites for hydroxylation is 1. The fourth-order valence-electron chi connectivity index (χ4n) is 6.48. The zero-order chi connectivity index (χ0) is 18.5. The first-order valence-electron chi connectivity index (χ1n) is 10.1. The van der Waals surface area contributed by atoms with Crippen LogP contribution in [-0.2, 0) is 16.0 Å². The molecule has 2 N–H and O–H groups in total. The molecule has 0 aromatic heterocycles. The molecule has 2 fully saturated rings. The van der Waals surface area contributed by atoms with E-state index in [1.54, 1.807) is 6.07 Å². The molecule has 2 saturated carbocycles. The Hall–Kier alpha value is -1.55. The molecule has 0 heterocycles. The molecule has 0 radical (unpaired) electrons. The quantitative estimate of drug-likeness (QED) is 0.807. The van der Waals surface area contributed by atoms with Gasteiger partial charge in [-0.05, 0) is 91.4 Å². The third-order valence-corrected chi connectivity index (χ3v) is 7.51. The lowest BCUT2D eigenvalue weighted by molar-refractivity contribution is -0.146. The van der Waals surface area contributed by atoms with E-state index in [0.29, 0.717) is 36.5 Å². The van der Waals surface area contributed by atoms with Gasteiger partial charge in [-0.15, -0.1) is 0 Å². The van der Waals surface area contributed by atoms with Crippen molar-refractivity contribution in [3.05, 3.63) is 29.3 Å². The number of carbonyl (C=O) groups is 1. The summed E-state index contributed by atoms with van der Waals surface area (Å²) in [7, 11) is 0. The second-order valence-electron chi connectivity index (χ2n) is 8.79. The van der Waals surface area contributed by atoms with Crippen LogP contribution < -0.4 is 0 Å². The van der Waals surface area contributed by atoms with Crippen molar-refractivity contribution >= 4 is 5.97 Å². The molecule has 3 aliphatic carbocycles. The maximum atomic E-state index is 12.3. The number of aliphatic hydroxyl groups is 1. The highest BCUT2D eigenvalue weighted by Crippen LogP contribution is 2.63. The van der Waals surface area contributed by atoms with Gasteiger partial charge in [0.05, 0.1) is 12.7 Å². The standard InChI is InChI=1S/C22H30O4/c1-3-26-20(25)11-14-12-22(2)18(8-9-19(22)24)17-6-4-13-10-15(23)5-7-16(13)21(14)17/h5,7,10,14,17-19,21,23-24H,3-4,6,8-9,11-12H2,1-2H3/t14-,17-,18-,19-,21+,22-/m0/s1. The molecule has 1 aromatic carbocycles. The Morgan fingerprint density at radius 2 is 2.12 bits per heavy atom. The Bertz CT molecular complexity index is 699. The molecular weight excluding hydrogens is 328 g/mol. The number of aromatic hydroxyl groups is 1. The minimum atomic E-state index is -0.264. The summed E-state index contributed by atoms with van der Waals surface area (Å²) < 4.78 is 5.26. The molecule has 0 saturated heterocycles. The predicted octanol–water partition coefficient (Wildman–Crippen LogP) is 3.79. The van der Waals surface area contributed by atoms with E-state index in [-0.39, 0.29) is 23.4 Å². The summed E-state index contributed by atoms with van der Waals surface area (Å²) in [6, 6.07) is 5.73. The third-order valence-electron chi connectivity index (χ3n) is 7.51. The highest BCUT2D eigenvalue weighted by molar-refractivity contribution is 5.70. The summed E-state index contributed by atoms with van der Waals surface area (Å²) in [5, 5.41) is 20.6. The number of hydrogen-bond acceptors (Lipinski definition) is 4. The van der Waals surface area contributed by atoms with Crippen LogP contribution in [0.1, 0.15) is 63.0 Å². The number of phenolic OH excluding ortho intramolecular Hbond substituents is 1. The molecular formula is C22H30O4. The van der Waals surface area contributed by atoms with Gasteiger partial charge in [0.15, 0.2) is 0 Å². The van der Waals surface area contributed by atoms with Crippen LogP contribution in [0.4, 0.5) is 0 Å². The van der Waals surface area contributed by atoms with Gasteiger partial charge in [-0.1, -0.05) is 13.0 Å². The van der Waals surface area contributed by atoms with Gasteiger partial charge in [-0.3, -0.25) is 4.79 Å². The van der Waals surface area contributed by atoms with E-state index in [4.69, 9.17) is 4.74 Å². The van der Waals surface area contributed by atoms with Crippen molar-refractivity contribution in [2.45, 2.75) is 64.4 Å². The largest absolute Gasteiger partial charge is 0.508 e. The maximum absolute atomic E-state index is 12.3. The van der Waals surface area contributed by atoms with Gasteiger partial charge in [0.2, 0.25) is 0 Å². The Labute approximate surface area is 155 Å². The van der Waals surface area contributed by atoms with Crippen LogP contribution in [0.15, 0.2) is 18.2 Å². The molecule has 4 nitrogen and oxygen atoms in total. The van der Waals surface area contributed by atoms with Gasteiger partial charge in [0.25, 0.3) is 0 Å². The van der Waals surface area contributed by atoms with Crippen LogP contribution in [0.25, 0.3) is 0 Å². The van der Waals surface area contributed by atoms with Crippen molar-refractivity contribution in [2.75, 3.05) is 6.61 Å². The van der Waals surface area contributed by atoms with E-state index in [2.05, 4.69) is 13.0 Å². The van der Waals surface area contributed by atoms with E-state index in [1.807, 2.05) is 13.0 Å². The maximum Gasteiger partial charge on any atom is 0.306 e. The molecule has 26 heavy (non-hydrogen) atoms. The predicted molar refractivity (Wildman–Crippen MR) is 98.9 cm³/mol. The number of hydrogen-bond donors (Lipinski definition) is 2. The third kappa shape index (κ3) is 2.74. The van der Waals surface area contributed by atoms with Crippen LogP contribution in [-0.4, -0.2) is 28.9 Å². The minimum absolute atomic E-state index is 0.0905. The Morgan fingerprint density at radius 1 is 1.31 bits per heavy atom. The number of esters is 1. The van der Waals surface area contributed by atoms with Gasteiger partial charge < -0.3 is 14.9 Å². The van der Waals surface area contributed by atoms with Crippen LogP contribution in [0, 0.1) is 23.2 Å². The Kier molecular flexibility index (Phi) is 4.50. The molecule has 0 unspecified atom stereocenters. The molecule has 0 bridgehead atoms. The number of rotatable bonds is 3. The van der Waals surface area contributed by atoms with Crippen LogP contribution in [0.2, 0.25) is 0 Å². The fraction of sp³-hybridized carbons (Fsp3) is 0.682. The van der Waals surface area contributed by atoms with Gasteiger partial charge >= 0.3 is 5.97 Å². The highest BCUT2D eigenvalue weighted by atomic mass is 16.5. The van der Waals surface area contributed by atoms with E-state index in [9.17, 15) is 15.0 Å². The van der Waals surface area contributed by atoms with Crippen LogP contribution in [0.5, 0.6) is 5.75 Å². The van der Waals surface area contributed by atoms with E-state index >= 15 is 0 Å². The number of aliphatic hydroxyl groups excluding tert-OH is 1. The lowest BCUT2D eigenvalue weighted by atomic mass is 9.51. The first-order valence-corrected chi connectivity index (χ1v) is 10.1. The second-order valence-corrected chi connectivity index (χ2v) is 8.79. The Balaban J connectivity index is 1.73. The summed E-state index contributed by atoms with van der Waals surface area (Å²) in [4.78, 5) is 12.3. The van der Waals surface area contributed by atoms with Crippen molar-refractivity contribution in [1.82, 2.24) is 0 Å². The van der Waals surface area contributed by atoms with E-state index in [0.717, 1.165) is 32.1 Å². The van der Waals surface area contributed by atoms with Crippen molar-refractivity contribution in [3.63, 3.8) is 0 Å². The molecule has 0 aliphatic heterocycles. The molecule has 3 aliphatic rings. The summed E-state index contributed by atoms with van der Waals surface area (Å²) in [6.45, 7) is 4.49. The SMILES string of the molecule is CCOC(=O)C[C@H]1C[C@]2(C)[C@@H](O)CC[C@H]2[C@@H]2CCc3cc(O)ccc3[C@@H]12. The number of fused-ring (bicyclic) bond motifs is 5. The molecule has 4 heteroatoms. The first kappa shape index (κ1) is 17.8. The van der Waals surface area contributed by atoms with Crippen molar-refractivity contribution < 1.29 is 19.7 Å². The number of ether oxygens (including phenoxy) is 1. The summed E-state index contributed by atoms with van der Waals surface area (Å²) in [5.41, 5.74) is 2.44. The number of carbonyl (C=O) groups excluding carboxylic acids is 1. The van der Waals surface area contributed by atoms with Crippen molar-refractivity contribution in [3.8, 4) is 5.75 Å². The normalized spacial score (nSPS) is 38.2. The average molecular weight is 358 g/mol. The van der Waals surface area contributed by atoms with Crippen LogP contribution >= 0.6 is 0 Å². The molecule has 1 aromatic rings. The monoisotopic (exact) mass is 358 g/mol. The summed E-state index contributed by atoms with van der Waals surface area (Å²) in [6.07, 6.45) is 5.04. The van der Waals surface area contributed by atoms with Crippen molar-refractivity contribution in [1.29, 1.82) is 0 Å². The average Bonchev–Trinajstić information content (AvgIpc) is 2.89. The van der Waals surface area contributed by atoms with E-state index in [1.165, 1.54) is 11.1 Å². The number of benzene rings is 1. The minimum Gasteiger partial charge on any atom is -0.508 e. The highest BCUT2D eigenvalue weighted by Gasteiger charge is 2.57. The zero-order valence-corrected chi connectivity index (χ0v) is 15.8. The lowest BCUT2D eigenvalue weighted by Gasteiger charge is -2.53. The second kappa shape index (κ2) is 6.56. The van der Waals surface area contributed by atoms with Gasteiger partial charge in [-0.2, -0.15) is 0 Å². The molecule has 4 rings (SSSR count). The summed E-state index contributed by atoms with van der Waals surface area (Å²) in [5.74, 6) is 1.73. The van der Waals surface area contributed by atoms with Gasteiger partial charge in [0.1, 0.15) is 5.75 Å². The summed E-state index contributed by atoms with van der Waals surface area (Å²) >= 11 is 0. The fourth-order valence-corrected chi connectivity index (χ4v) is 6.48. The Morgan fingerprint density at radius 3 is 2.88 bits per heavy atom. The lowest BCUT2D eigenvalue weighted by Crippen LogP contribution is -2.48.